The molecule has 0 atom stereocenters. The average molecular weight is 359 g/mol. The highest BCUT2D eigenvalue weighted by Crippen LogP contribution is 2.37. The molecule has 0 N–H and O–H groups in total. The summed E-state index contributed by atoms with van der Waals surface area (Å²) in [5.41, 5.74) is -0.116. The van der Waals surface area contributed by atoms with Crippen molar-refractivity contribution in [2.75, 3.05) is 0 Å². The predicted octanol–water partition coefficient (Wildman–Crippen LogP) is 5.27. The average Bonchev–Trinajstić information content (AvgIpc) is 2.45. The summed E-state index contributed by atoms with van der Waals surface area (Å²) in [6.45, 7) is 3.42. The van der Waals surface area contributed by atoms with Crippen molar-refractivity contribution in [3.8, 4) is 5.75 Å². The van der Waals surface area contributed by atoms with Gasteiger partial charge in [-0.2, -0.15) is 0 Å². The molecule has 0 aliphatic heterocycles. The van der Waals surface area contributed by atoms with E-state index in [1.807, 2.05) is 0 Å². The molecule has 1 radical (unpaired) electrons. The van der Waals surface area contributed by atoms with E-state index in [2.05, 4.69) is 10.8 Å². The first-order chi connectivity index (χ1) is 11.0. The quantitative estimate of drug-likeness (QED) is 0.552. The standard InChI is InChI=1S/C16H12ClF3NO3/c1-15(2,11-6-12(17)9-13(7-11)21(22)23)10-4-3-5-14(8-10)24-16(18,19)20/h4-9H,1-2H3. The lowest BCUT2D eigenvalue weighted by Gasteiger charge is -2.26. The highest BCUT2D eigenvalue weighted by molar-refractivity contribution is 6.30. The number of halogens is 4. The van der Waals surface area contributed by atoms with Crippen molar-refractivity contribution in [2.24, 2.45) is 0 Å². The van der Waals surface area contributed by atoms with Crippen LogP contribution in [0.5, 0.6) is 5.75 Å². The number of nitro groups is 1. The van der Waals surface area contributed by atoms with E-state index in [-0.39, 0.29) is 10.7 Å². The number of ether oxygens (including phenoxy) is 1. The van der Waals surface area contributed by atoms with E-state index in [1.165, 1.54) is 30.3 Å². The van der Waals surface area contributed by atoms with Gasteiger partial charge in [0.05, 0.1) is 4.92 Å². The molecule has 0 spiro atoms. The van der Waals surface area contributed by atoms with Crippen molar-refractivity contribution in [1.29, 1.82) is 0 Å². The summed E-state index contributed by atoms with van der Waals surface area (Å²) in [6, 6.07) is 10.4. The second-order valence-electron chi connectivity index (χ2n) is 5.59. The van der Waals surface area contributed by atoms with Crippen LogP contribution in [0.15, 0.2) is 36.4 Å². The molecular formula is C16H12ClF3NO3. The van der Waals surface area contributed by atoms with Gasteiger partial charge in [-0.15, -0.1) is 13.2 Å². The third-order valence-electron chi connectivity index (χ3n) is 3.53. The van der Waals surface area contributed by atoms with Gasteiger partial charge in [0.1, 0.15) is 5.75 Å². The Hall–Kier alpha value is -2.28. The first-order valence-electron chi connectivity index (χ1n) is 6.72. The van der Waals surface area contributed by atoms with Gasteiger partial charge in [0.2, 0.25) is 0 Å². The second-order valence-corrected chi connectivity index (χ2v) is 6.02. The fraction of sp³-hybridized carbons (Fsp3) is 0.250. The molecule has 0 amide bonds. The number of alkyl halides is 3. The molecule has 4 nitrogen and oxygen atoms in total. The molecule has 0 heterocycles. The molecule has 0 unspecified atom stereocenters. The second kappa shape index (κ2) is 6.32. The Bertz CT molecular complexity index is 775. The normalized spacial score (nSPS) is 12.1. The van der Waals surface area contributed by atoms with Crippen molar-refractivity contribution < 1.29 is 22.8 Å². The minimum Gasteiger partial charge on any atom is -0.406 e. The molecule has 0 bridgehead atoms. The molecule has 2 aromatic rings. The maximum atomic E-state index is 12.4. The molecule has 0 saturated carbocycles. The first-order valence-corrected chi connectivity index (χ1v) is 7.09. The van der Waals surface area contributed by atoms with Gasteiger partial charge in [0.15, 0.2) is 0 Å². The lowest BCUT2D eigenvalue weighted by Crippen LogP contribution is -2.21. The maximum absolute atomic E-state index is 12.4. The Balaban J connectivity index is 2.47. The van der Waals surface area contributed by atoms with Crippen LogP contribution >= 0.6 is 11.6 Å². The highest BCUT2D eigenvalue weighted by atomic mass is 35.5. The fourth-order valence-corrected chi connectivity index (χ4v) is 2.44. The number of benzene rings is 2. The SMILES string of the molecule is CC(C)(c1c[c]cc(OC(F)(F)F)c1)c1cc(Cl)cc([N+](=O)[O-])c1. The van der Waals surface area contributed by atoms with Crippen LogP contribution < -0.4 is 4.74 Å². The van der Waals surface area contributed by atoms with Gasteiger partial charge in [-0.1, -0.05) is 31.5 Å². The van der Waals surface area contributed by atoms with Crippen LogP contribution in [-0.2, 0) is 5.41 Å². The van der Waals surface area contributed by atoms with Crippen molar-refractivity contribution in [3.63, 3.8) is 0 Å². The predicted molar refractivity (Wildman–Crippen MR) is 82.2 cm³/mol. The summed E-state index contributed by atoms with van der Waals surface area (Å²) in [5, 5.41) is 11.1. The van der Waals surface area contributed by atoms with Gasteiger partial charge in [-0.05, 0) is 35.4 Å². The molecular weight excluding hydrogens is 347 g/mol. The summed E-state index contributed by atoms with van der Waals surface area (Å²) in [4.78, 5) is 10.4. The minimum atomic E-state index is -4.81. The van der Waals surface area contributed by atoms with Crippen molar-refractivity contribution in [2.45, 2.75) is 25.6 Å². The summed E-state index contributed by atoms with van der Waals surface area (Å²) in [5.74, 6) is -0.412. The maximum Gasteiger partial charge on any atom is 0.573 e. The molecule has 127 valence electrons. The smallest absolute Gasteiger partial charge is 0.406 e. The molecule has 8 heteroatoms. The molecule has 0 saturated heterocycles. The largest absolute Gasteiger partial charge is 0.573 e. The van der Waals surface area contributed by atoms with Gasteiger partial charge in [-0.25, -0.2) is 0 Å². The lowest BCUT2D eigenvalue weighted by molar-refractivity contribution is -0.384. The summed E-state index contributed by atoms with van der Waals surface area (Å²) in [7, 11) is 0. The first kappa shape index (κ1) is 18.1. The summed E-state index contributed by atoms with van der Waals surface area (Å²) >= 11 is 5.92. The number of hydrogen-bond donors (Lipinski definition) is 0. The number of nitrogens with zero attached hydrogens (tertiary/aromatic N) is 1. The van der Waals surface area contributed by atoms with Crippen LogP contribution in [0.1, 0.15) is 25.0 Å². The highest BCUT2D eigenvalue weighted by Gasteiger charge is 2.32. The van der Waals surface area contributed by atoms with Crippen LogP contribution in [0.3, 0.4) is 0 Å². The fourth-order valence-electron chi connectivity index (χ4n) is 2.21. The lowest BCUT2D eigenvalue weighted by atomic mass is 9.78. The van der Waals surface area contributed by atoms with Gasteiger partial charge < -0.3 is 4.74 Å². The third-order valence-corrected chi connectivity index (χ3v) is 3.75. The van der Waals surface area contributed by atoms with Gasteiger partial charge in [-0.3, -0.25) is 10.1 Å². The molecule has 2 aromatic carbocycles. The van der Waals surface area contributed by atoms with Gasteiger partial charge in [0.25, 0.3) is 5.69 Å². The van der Waals surface area contributed by atoms with Crippen LogP contribution in [-0.4, -0.2) is 11.3 Å². The van der Waals surface area contributed by atoms with Crippen molar-refractivity contribution >= 4 is 17.3 Å². The zero-order valence-corrected chi connectivity index (χ0v) is 13.4. The zero-order chi connectivity index (χ0) is 18.1. The van der Waals surface area contributed by atoms with Crippen LogP contribution in [0.25, 0.3) is 0 Å². The summed E-state index contributed by atoms with van der Waals surface area (Å²) in [6.07, 6.45) is -4.81. The van der Waals surface area contributed by atoms with E-state index >= 15 is 0 Å². The molecule has 24 heavy (non-hydrogen) atoms. The number of nitro benzene ring substituents is 1. The minimum absolute atomic E-state index is 0.166. The molecule has 0 fully saturated rings. The van der Waals surface area contributed by atoms with E-state index < -0.39 is 22.5 Å². The van der Waals surface area contributed by atoms with E-state index in [0.717, 1.165) is 6.07 Å². The summed E-state index contributed by atoms with van der Waals surface area (Å²) < 4.78 is 41.0. The number of rotatable bonds is 4. The number of hydrogen-bond acceptors (Lipinski definition) is 3. The Morgan fingerprint density at radius 1 is 1.12 bits per heavy atom. The number of non-ortho nitro benzene ring substituents is 1. The zero-order valence-electron chi connectivity index (χ0n) is 12.6. The topological polar surface area (TPSA) is 52.4 Å². The van der Waals surface area contributed by atoms with Crippen molar-refractivity contribution in [1.82, 2.24) is 0 Å². The molecule has 0 aliphatic rings. The monoisotopic (exact) mass is 358 g/mol. The molecule has 2 rings (SSSR count). The van der Waals surface area contributed by atoms with E-state index in [9.17, 15) is 23.3 Å². The van der Waals surface area contributed by atoms with Gasteiger partial charge in [0, 0.05) is 22.6 Å². The van der Waals surface area contributed by atoms with Crippen LogP contribution in [0.2, 0.25) is 5.02 Å². The van der Waals surface area contributed by atoms with Crippen LogP contribution in [0.4, 0.5) is 18.9 Å². The van der Waals surface area contributed by atoms with Crippen LogP contribution in [0, 0.1) is 16.2 Å². The van der Waals surface area contributed by atoms with Crippen molar-refractivity contribution in [3.05, 3.63) is 68.7 Å². The molecule has 0 aromatic heterocycles. The molecule has 0 aliphatic carbocycles. The Labute approximate surface area is 141 Å². The van der Waals surface area contributed by atoms with E-state index in [0.29, 0.717) is 11.1 Å². The Kier molecular flexibility index (Phi) is 4.75. The third kappa shape index (κ3) is 4.17. The van der Waals surface area contributed by atoms with Gasteiger partial charge >= 0.3 is 6.36 Å². The van der Waals surface area contributed by atoms with E-state index in [1.54, 1.807) is 13.8 Å². The van der Waals surface area contributed by atoms with E-state index in [4.69, 9.17) is 11.6 Å². The Morgan fingerprint density at radius 3 is 2.38 bits per heavy atom. The Morgan fingerprint density at radius 2 is 1.79 bits per heavy atom.